The molecule has 0 amide bonds. The van der Waals surface area contributed by atoms with E-state index in [0.29, 0.717) is 19.5 Å². The fourth-order valence-corrected chi connectivity index (χ4v) is 6.05. The van der Waals surface area contributed by atoms with Gasteiger partial charge in [0, 0.05) is 32.2 Å². The first-order chi connectivity index (χ1) is 16.6. The van der Waals surface area contributed by atoms with Gasteiger partial charge in [-0.25, -0.2) is 9.37 Å². The summed E-state index contributed by atoms with van der Waals surface area (Å²) in [6.07, 6.45) is 7.81. The van der Waals surface area contributed by atoms with E-state index in [1.165, 1.54) is 0 Å². The standard InChI is InChI=1S/C27H32FN3O3/c1-3-25-27(32,20-11-13-30(25)14-12-20)21-9-10-26(29-22(21)15-19-7-5-4-6-8-19)31-16-23(33-2)24(17-31)34-18-28/h1,4-10,20,23-25,32H,11-18H2,2H3/t23-,24+,25?,27+/m0/s1. The van der Waals surface area contributed by atoms with Crippen LogP contribution in [0.4, 0.5) is 10.2 Å². The molecule has 1 unspecified atom stereocenters. The van der Waals surface area contributed by atoms with Gasteiger partial charge in [0.05, 0.1) is 5.69 Å². The van der Waals surface area contributed by atoms with E-state index < -0.39 is 12.5 Å². The molecule has 2 bridgehead atoms. The van der Waals surface area contributed by atoms with Crippen LogP contribution in [0.3, 0.4) is 0 Å². The van der Waals surface area contributed by atoms with Crippen LogP contribution in [0.15, 0.2) is 42.5 Å². The Balaban J connectivity index is 1.54. The lowest BCUT2D eigenvalue weighted by Crippen LogP contribution is -2.63. The third kappa shape index (κ3) is 3.99. The van der Waals surface area contributed by atoms with Gasteiger partial charge in [0.2, 0.25) is 0 Å². The van der Waals surface area contributed by atoms with E-state index in [-0.39, 0.29) is 24.2 Å². The number of ether oxygens (including phenoxy) is 2. The van der Waals surface area contributed by atoms with Crippen LogP contribution < -0.4 is 4.90 Å². The van der Waals surface area contributed by atoms with E-state index in [2.05, 4.69) is 27.9 Å². The number of benzene rings is 1. The maximum atomic E-state index is 12.9. The van der Waals surface area contributed by atoms with E-state index in [0.717, 1.165) is 48.6 Å². The Hall–Kier alpha value is -2.50. The zero-order chi connectivity index (χ0) is 23.7. The maximum absolute atomic E-state index is 12.9. The normalized spacial score (nSPS) is 32.6. The summed E-state index contributed by atoms with van der Waals surface area (Å²) in [5.74, 6) is 3.76. The number of fused-ring (bicyclic) bond motifs is 3. The largest absolute Gasteiger partial charge is 0.382 e. The second-order valence-electron chi connectivity index (χ2n) is 9.52. The van der Waals surface area contributed by atoms with Crippen LogP contribution >= 0.6 is 0 Å². The van der Waals surface area contributed by atoms with Crippen molar-refractivity contribution in [2.75, 3.05) is 45.0 Å². The van der Waals surface area contributed by atoms with Crippen LogP contribution in [0.5, 0.6) is 0 Å². The number of nitrogens with zero attached hydrogens (tertiary/aromatic N) is 3. The number of anilines is 1. The Morgan fingerprint density at radius 1 is 1.15 bits per heavy atom. The number of halogens is 1. The van der Waals surface area contributed by atoms with Gasteiger partial charge in [-0.2, -0.15) is 0 Å². The van der Waals surface area contributed by atoms with Gasteiger partial charge in [-0.3, -0.25) is 4.90 Å². The summed E-state index contributed by atoms with van der Waals surface area (Å²) in [7, 11) is 1.61. The van der Waals surface area contributed by atoms with Crippen LogP contribution in [0.2, 0.25) is 0 Å². The van der Waals surface area contributed by atoms with Crippen molar-refractivity contribution in [3.63, 3.8) is 0 Å². The highest BCUT2D eigenvalue weighted by Gasteiger charge is 2.54. The topological polar surface area (TPSA) is 58.1 Å². The van der Waals surface area contributed by atoms with Gasteiger partial charge in [0.1, 0.15) is 29.7 Å². The predicted molar refractivity (Wildman–Crippen MR) is 128 cm³/mol. The monoisotopic (exact) mass is 465 g/mol. The molecule has 4 fully saturated rings. The molecule has 4 atom stereocenters. The maximum Gasteiger partial charge on any atom is 0.188 e. The molecule has 2 aromatic rings. The first-order valence-electron chi connectivity index (χ1n) is 12.0. The number of alkyl halides is 1. The van der Waals surface area contributed by atoms with Crippen molar-refractivity contribution >= 4 is 5.82 Å². The molecule has 34 heavy (non-hydrogen) atoms. The highest BCUT2D eigenvalue weighted by atomic mass is 19.1. The smallest absolute Gasteiger partial charge is 0.188 e. The number of aliphatic hydroxyl groups is 1. The average molecular weight is 466 g/mol. The fraction of sp³-hybridized carbons (Fsp3) is 0.519. The third-order valence-electron chi connectivity index (χ3n) is 7.82. The first-order valence-corrected chi connectivity index (χ1v) is 12.0. The van der Waals surface area contributed by atoms with Gasteiger partial charge in [-0.15, -0.1) is 6.42 Å². The Morgan fingerprint density at radius 2 is 1.88 bits per heavy atom. The molecule has 0 aliphatic carbocycles. The van der Waals surface area contributed by atoms with Crippen LogP contribution in [0.25, 0.3) is 0 Å². The number of rotatable bonds is 7. The van der Waals surface area contributed by atoms with E-state index in [1.807, 2.05) is 30.3 Å². The van der Waals surface area contributed by atoms with Crippen molar-refractivity contribution in [1.82, 2.24) is 9.88 Å². The van der Waals surface area contributed by atoms with E-state index in [1.54, 1.807) is 7.11 Å². The van der Waals surface area contributed by atoms with Crippen molar-refractivity contribution in [3.05, 3.63) is 59.3 Å². The minimum atomic E-state index is -1.14. The molecule has 4 aliphatic heterocycles. The van der Waals surface area contributed by atoms with E-state index in [4.69, 9.17) is 20.9 Å². The number of hydrogen-bond acceptors (Lipinski definition) is 6. The Labute approximate surface area is 200 Å². The van der Waals surface area contributed by atoms with Gasteiger partial charge in [-0.1, -0.05) is 42.3 Å². The van der Waals surface area contributed by atoms with E-state index >= 15 is 0 Å². The van der Waals surface area contributed by atoms with Crippen molar-refractivity contribution in [3.8, 4) is 12.3 Å². The van der Waals surface area contributed by atoms with Gasteiger partial charge in [-0.05, 0) is 43.5 Å². The molecule has 6 rings (SSSR count). The van der Waals surface area contributed by atoms with Crippen molar-refractivity contribution in [2.45, 2.75) is 43.1 Å². The molecule has 4 aliphatic rings. The lowest BCUT2D eigenvalue weighted by atomic mass is 9.66. The highest BCUT2D eigenvalue weighted by molar-refractivity contribution is 5.48. The summed E-state index contributed by atoms with van der Waals surface area (Å²) in [4.78, 5) is 9.35. The molecule has 4 saturated heterocycles. The van der Waals surface area contributed by atoms with Crippen molar-refractivity contribution < 1.29 is 19.0 Å². The molecule has 5 heterocycles. The summed E-state index contributed by atoms with van der Waals surface area (Å²) in [6.45, 7) is 2.05. The summed E-state index contributed by atoms with van der Waals surface area (Å²) in [5, 5.41) is 12.2. The number of piperidine rings is 3. The van der Waals surface area contributed by atoms with Crippen LogP contribution in [-0.2, 0) is 21.5 Å². The fourth-order valence-electron chi connectivity index (χ4n) is 6.05. The number of pyridine rings is 1. The molecular formula is C27H32FN3O3. The second kappa shape index (κ2) is 9.63. The zero-order valence-corrected chi connectivity index (χ0v) is 19.6. The third-order valence-corrected chi connectivity index (χ3v) is 7.82. The quantitative estimate of drug-likeness (QED) is 0.635. The van der Waals surface area contributed by atoms with Crippen molar-refractivity contribution in [1.29, 1.82) is 0 Å². The number of aromatic nitrogens is 1. The number of hydrogen-bond donors (Lipinski definition) is 1. The Kier molecular flexibility index (Phi) is 6.59. The van der Waals surface area contributed by atoms with Gasteiger partial charge in [0.25, 0.3) is 0 Å². The van der Waals surface area contributed by atoms with Gasteiger partial charge < -0.3 is 19.5 Å². The Morgan fingerprint density at radius 3 is 2.56 bits per heavy atom. The molecule has 1 aromatic carbocycles. The number of methoxy groups -OCH3 is 1. The second-order valence-corrected chi connectivity index (χ2v) is 9.52. The van der Waals surface area contributed by atoms with Gasteiger partial charge in [0.15, 0.2) is 6.86 Å². The molecule has 0 radical (unpaired) electrons. The summed E-state index contributed by atoms with van der Waals surface area (Å²) in [6, 6.07) is 13.7. The molecule has 1 aromatic heterocycles. The summed E-state index contributed by atoms with van der Waals surface area (Å²) in [5.41, 5.74) is 1.62. The lowest BCUT2D eigenvalue weighted by Gasteiger charge is -2.54. The SMILES string of the molecule is C#CC1N2CCC(CC2)[C@@]1(O)c1ccc(N2C[C@H](OC)[C@H](OCF)C2)nc1Cc1ccccc1. The molecular weight excluding hydrogens is 433 g/mol. The minimum Gasteiger partial charge on any atom is -0.382 e. The molecule has 180 valence electrons. The van der Waals surface area contributed by atoms with Crippen LogP contribution in [0.1, 0.15) is 29.7 Å². The zero-order valence-electron chi connectivity index (χ0n) is 19.6. The summed E-state index contributed by atoms with van der Waals surface area (Å²) >= 11 is 0. The molecule has 1 N–H and O–H groups in total. The predicted octanol–water partition coefficient (Wildman–Crippen LogP) is 2.73. The highest BCUT2D eigenvalue weighted by Crippen LogP contribution is 2.48. The first kappa shape index (κ1) is 23.3. The molecule has 0 saturated carbocycles. The van der Waals surface area contributed by atoms with Crippen LogP contribution in [-0.4, -0.2) is 73.4 Å². The number of terminal acetylenes is 1. The molecule has 6 nitrogen and oxygen atoms in total. The molecule has 0 spiro atoms. The minimum absolute atomic E-state index is 0.104. The van der Waals surface area contributed by atoms with E-state index in [9.17, 15) is 9.50 Å². The molecule has 7 heteroatoms. The Bertz CT molecular complexity index is 1040. The lowest BCUT2D eigenvalue weighted by molar-refractivity contribution is -0.143. The van der Waals surface area contributed by atoms with Crippen molar-refractivity contribution in [2.24, 2.45) is 5.92 Å². The summed E-state index contributed by atoms with van der Waals surface area (Å²) < 4.78 is 23.7. The van der Waals surface area contributed by atoms with Gasteiger partial charge >= 0.3 is 0 Å². The van der Waals surface area contributed by atoms with Crippen LogP contribution in [0, 0.1) is 18.3 Å². The average Bonchev–Trinajstić information content (AvgIpc) is 3.28.